The fourth-order valence-electron chi connectivity index (χ4n) is 0.935. The second-order valence-corrected chi connectivity index (χ2v) is 5.37. The minimum atomic E-state index is -0.917. The van der Waals surface area contributed by atoms with Crippen molar-refractivity contribution >= 4 is 11.8 Å². The molecule has 0 bridgehead atoms. The number of hydrogen-bond acceptors (Lipinski definition) is 3. The Balaban J connectivity index is 4.45. The van der Waals surface area contributed by atoms with E-state index in [0.29, 0.717) is 13.1 Å². The first-order valence-electron chi connectivity index (χ1n) is 5.42. The second-order valence-electron chi connectivity index (χ2n) is 5.37. The first kappa shape index (κ1) is 14.9. The van der Waals surface area contributed by atoms with Crippen LogP contribution in [0.5, 0.6) is 0 Å². The second kappa shape index (κ2) is 5.30. The first-order chi connectivity index (χ1) is 7.11. The molecule has 5 nitrogen and oxygen atoms in total. The van der Waals surface area contributed by atoms with Gasteiger partial charge in [-0.25, -0.2) is 0 Å². The molecule has 94 valence electrons. The van der Waals surface area contributed by atoms with E-state index in [-0.39, 0.29) is 11.8 Å². The first-order valence-corrected chi connectivity index (χ1v) is 5.42. The lowest BCUT2D eigenvalue weighted by molar-refractivity contribution is -0.136. The number of rotatable bonds is 4. The van der Waals surface area contributed by atoms with Gasteiger partial charge in [0, 0.05) is 18.5 Å². The van der Waals surface area contributed by atoms with Crippen LogP contribution in [0.1, 0.15) is 34.6 Å². The monoisotopic (exact) mass is 229 g/mol. The Kier molecular flexibility index (Phi) is 4.93. The van der Waals surface area contributed by atoms with Gasteiger partial charge in [0.05, 0.1) is 0 Å². The summed E-state index contributed by atoms with van der Waals surface area (Å²) in [6, 6.07) is 0. The van der Waals surface area contributed by atoms with Crippen molar-refractivity contribution in [1.82, 2.24) is 10.6 Å². The van der Waals surface area contributed by atoms with Gasteiger partial charge in [0.25, 0.3) is 0 Å². The van der Waals surface area contributed by atoms with Crippen molar-refractivity contribution in [3.8, 4) is 0 Å². The summed E-state index contributed by atoms with van der Waals surface area (Å²) < 4.78 is 0. The van der Waals surface area contributed by atoms with E-state index in [2.05, 4.69) is 10.6 Å². The lowest BCUT2D eigenvalue weighted by atomic mass is 9.93. The number of nitrogens with one attached hydrogen (secondary N) is 2. The van der Waals surface area contributed by atoms with E-state index in [1.165, 1.54) is 0 Å². The van der Waals surface area contributed by atoms with E-state index in [1.54, 1.807) is 34.6 Å². The van der Waals surface area contributed by atoms with Crippen molar-refractivity contribution in [3.05, 3.63) is 0 Å². The van der Waals surface area contributed by atoms with Crippen LogP contribution >= 0.6 is 0 Å². The third-order valence-corrected chi connectivity index (χ3v) is 2.10. The van der Waals surface area contributed by atoms with Gasteiger partial charge in [-0.1, -0.05) is 20.8 Å². The van der Waals surface area contributed by atoms with Gasteiger partial charge in [-0.15, -0.1) is 0 Å². The summed E-state index contributed by atoms with van der Waals surface area (Å²) in [5, 5.41) is 5.36. The van der Waals surface area contributed by atoms with Gasteiger partial charge in [-0.2, -0.15) is 0 Å². The van der Waals surface area contributed by atoms with Gasteiger partial charge in [0.1, 0.15) is 5.54 Å². The molecule has 0 fully saturated rings. The molecule has 5 heteroatoms. The lowest BCUT2D eigenvalue weighted by Gasteiger charge is -2.29. The van der Waals surface area contributed by atoms with E-state index in [1.807, 2.05) is 0 Å². The van der Waals surface area contributed by atoms with E-state index >= 15 is 0 Å². The SMILES string of the molecule is CC(C)(C)C(=O)NC(C)(C)C(=O)NCCN. The molecule has 2 amide bonds. The zero-order chi connectivity index (χ0) is 13.0. The molecule has 0 aliphatic carbocycles. The molecule has 0 rings (SSSR count). The van der Waals surface area contributed by atoms with Gasteiger partial charge in [-0.3, -0.25) is 9.59 Å². The van der Waals surface area contributed by atoms with Gasteiger partial charge in [0.2, 0.25) is 11.8 Å². The van der Waals surface area contributed by atoms with E-state index in [9.17, 15) is 9.59 Å². The molecule has 0 saturated carbocycles. The van der Waals surface area contributed by atoms with Crippen LogP contribution in [-0.4, -0.2) is 30.4 Å². The number of carbonyl (C=O) groups is 2. The standard InChI is InChI=1S/C11H23N3O2/c1-10(2,3)8(15)14-11(4,5)9(16)13-7-6-12/h6-7,12H2,1-5H3,(H,13,16)(H,14,15). The summed E-state index contributed by atoms with van der Waals surface area (Å²) >= 11 is 0. The molecule has 0 atom stereocenters. The zero-order valence-corrected chi connectivity index (χ0v) is 10.8. The maximum atomic E-state index is 11.7. The number of carbonyl (C=O) groups excluding carboxylic acids is 2. The average molecular weight is 229 g/mol. The van der Waals surface area contributed by atoms with Crippen LogP contribution in [-0.2, 0) is 9.59 Å². The van der Waals surface area contributed by atoms with Crippen LogP contribution in [0.4, 0.5) is 0 Å². The molecular weight excluding hydrogens is 206 g/mol. The largest absolute Gasteiger partial charge is 0.353 e. The van der Waals surface area contributed by atoms with Crippen molar-refractivity contribution in [2.24, 2.45) is 11.1 Å². The number of amides is 2. The van der Waals surface area contributed by atoms with Crippen molar-refractivity contribution in [2.45, 2.75) is 40.2 Å². The molecule has 0 aliphatic heterocycles. The summed E-state index contributed by atoms with van der Waals surface area (Å²) in [6.45, 7) is 9.54. The molecular formula is C11H23N3O2. The molecule has 0 aromatic rings. The van der Waals surface area contributed by atoms with E-state index in [4.69, 9.17) is 5.73 Å². The molecule has 0 saturated heterocycles. The Hall–Kier alpha value is -1.10. The Morgan fingerprint density at radius 2 is 1.56 bits per heavy atom. The van der Waals surface area contributed by atoms with Gasteiger partial charge < -0.3 is 16.4 Å². The summed E-state index contributed by atoms with van der Waals surface area (Å²) in [6.07, 6.45) is 0. The third kappa shape index (κ3) is 4.61. The fourth-order valence-corrected chi connectivity index (χ4v) is 0.935. The van der Waals surface area contributed by atoms with Gasteiger partial charge in [-0.05, 0) is 13.8 Å². The van der Waals surface area contributed by atoms with Crippen molar-refractivity contribution in [1.29, 1.82) is 0 Å². The molecule has 0 unspecified atom stereocenters. The Morgan fingerprint density at radius 1 is 1.06 bits per heavy atom. The number of nitrogens with two attached hydrogens (primary N) is 1. The molecule has 0 heterocycles. The highest BCUT2D eigenvalue weighted by atomic mass is 16.2. The summed E-state index contributed by atoms with van der Waals surface area (Å²) in [5.74, 6) is -0.379. The molecule has 0 aliphatic rings. The molecule has 0 spiro atoms. The Morgan fingerprint density at radius 3 is 1.94 bits per heavy atom. The maximum absolute atomic E-state index is 11.7. The number of hydrogen-bond donors (Lipinski definition) is 3. The minimum Gasteiger partial charge on any atom is -0.353 e. The zero-order valence-electron chi connectivity index (χ0n) is 10.8. The van der Waals surface area contributed by atoms with Crippen LogP contribution in [0.3, 0.4) is 0 Å². The lowest BCUT2D eigenvalue weighted by Crippen LogP contribution is -2.57. The summed E-state index contributed by atoms with van der Waals surface area (Å²) in [7, 11) is 0. The molecule has 0 radical (unpaired) electrons. The Bertz CT molecular complexity index is 267. The maximum Gasteiger partial charge on any atom is 0.245 e. The topological polar surface area (TPSA) is 84.2 Å². The van der Waals surface area contributed by atoms with Crippen molar-refractivity contribution in [3.63, 3.8) is 0 Å². The van der Waals surface area contributed by atoms with Crippen LogP contribution < -0.4 is 16.4 Å². The van der Waals surface area contributed by atoms with Crippen LogP contribution in [0.15, 0.2) is 0 Å². The molecule has 16 heavy (non-hydrogen) atoms. The third-order valence-electron chi connectivity index (χ3n) is 2.10. The van der Waals surface area contributed by atoms with Crippen LogP contribution in [0, 0.1) is 5.41 Å². The predicted molar refractivity (Wildman–Crippen MR) is 63.7 cm³/mol. The molecule has 4 N–H and O–H groups in total. The quantitative estimate of drug-likeness (QED) is 0.634. The average Bonchev–Trinajstić information content (AvgIpc) is 2.11. The highest BCUT2D eigenvalue weighted by molar-refractivity contribution is 5.92. The van der Waals surface area contributed by atoms with E-state index in [0.717, 1.165) is 0 Å². The minimum absolute atomic E-state index is 0.152. The van der Waals surface area contributed by atoms with Gasteiger partial charge in [0.15, 0.2) is 0 Å². The van der Waals surface area contributed by atoms with Crippen molar-refractivity contribution < 1.29 is 9.59 Å². The Labute approximate surface area is 97.2 Å². The smallest absolute Gasteiger partial charge is 0.245 e. The van der Waals surface area contributed by atoms with Gasteiger partial charge >= 0.3 is 0 Å². The predicted octanol–water partition coefficient (Wildman–Crippen LogP) is 0.00220. The summed E-state index contributed by atoms with van der Waals surface area (Å²) in [4.78, 5) is 23.4. The van der Waals surface area contributed by atoms with E-state index < -0.39 is 11.0 Å². The van der Waals surface area contributed by atoms with Crippen LogP contribution in [0.2, 0.25) is 0 Å². The normalized spacial score (nSPS) is 12.1. The van der Waals surface area contributed by atoms with Crippen LogP contribution in [0.25, 0.3) is 0 Å². The highest BCUT2D eigenvalue weighted by Gasteiger charge is 2.33. The fraction of sp³-hybridized carbons (Fsp3) is 0.818. The van der Waals surface area contributed by atoms with Crippen molar-refractivity contribution in [2.75, 3.05) is 13.1 Å². The summed E-state index contributed by atoms with van der Waals surface area (Å²) in [5.41, 5.74) is 3.86. The molecule has 0 aromatic carbocycles. The molecule has 0 aromatic heterocycles. The highest BCUT2D eigenvalue weighted by Crippen LogP contribution is 2.15.